The first kappa shape index (κ1) is 77.8. The number of unbranched alkanes of at least 4 members (excludes halogenated alkanes) is 36. The number of nitrogens with zero attached hydrogens (tertiary/aromatic N) is 1. The second-order valence-corrected chi connectivity index (χ2v) is 24.4. The van der Waals surface area contributed by atoms with Crippen LogP contribution < -0.4 is 0 Å². The standard InChI is InChI=1S/C77H141NO2/c1-7-11-15-19-23-27-31-35-39-43-47-51-55-59-63-67-71-77(72-68-64-60-56-52-48-44-40-36-32-28-24-20-16-12-8-2,80-74-70-66-62-58-54-50-46-42-38-34-30-26-22-18-14-10-4)76(75-78(5)6)79-73-69-65-61-57-53-49-45-41-37-33-29-25-21-17-13-9-3/h23-30,35-42,76H,7-22,31-34,43-75H2,1-6H3/b27-23-,28-24-,29-25-,30-26-,39-35-,40-36-,41-37-,42-38-. The summed E-state index contributed by atoms with van der Waals surface area (Å²) in [6, 6.07) is 0. The van der Waals surface area contributed by atoms with Crippen molar-refractivity contribution < 1.29 is 9.47 Å². The second kappa shape index (κ2) is 67.6. The molecule has 0 saturated carbocycles. The Balaban J connectivity index is 5.61. The van der Waals surface area contributed by atoms with E-state index in [1.165, 1.54) is 276 Å². The molecule has 0 heterocycles. The molecule has 0 aromatic carbocycles. The largest absolute Gasteiger partial charge is 0.374 e. The lowest BCUT2D eigenvalue weighted by molar-refractivity contribution is -0.162. The van der Waals surface area contributed by atoms with Gasteiger partial charge in [0.25, 0.3) is 0 Å². The first-order valence-electron chi connectivity index (χ1n) is 35.7. The third-order valence-corrected chi connectivity index (χ3v) is 16.1. The Morgan fingerprint density at radius 2 is 0.512 bits per heavy atom. The molecule has 0 bridgehead atoms. The summed E-state index contributed by atoms with van der Waals surface area (Å²) in [4.78, 5) is 2.39. The highest BCUT2D eigenvalue weighted by atomic mass is 16.5. The second-order valence-electron chi connectivity index (χ2n) is 24.4. The number of hydrogen-bond donors (Lipinski definition) is 0. The van der Waals surface area contributed by atoms with Gasteiger partial charge in [-0.25, -0.2) is 0 Å². The maximum Gasteiger partial charge on any atom is 0.0990 e. The average Bonchev–Trinajstić information content (AvgIpc) is 3.50. The summed E-state index contributed by atoms with van der Waals surface area (Å²) in [7, 11) is 4.51. The van der Waals surface area contributed by atoms with Crippen molar-refractivity contribution in [3.8, 4) is 0 Å². The molecule has 0 aliphatic rings. The van der Waals surface area contributed by atoms with Gasteiger partial charge in [-0.15, -0.1) is 0 Å². The van der Waals surface area contributed by atoms with Gasteiger partial charge in [0.2, 0.25) is 0 Å². The Kier molecular flexibility index (Phi) is 65.7. The normalized spacial score (nSPS) is 13.3. The fourth-order valence-electron chi connectivity index (χ4n) is 10.9. The summed E-state index contributed by atoms with van der Waals surface area (Å²) in [5, 5.41) is 0. The van der Waals surface area contributed by atoms with Crippen LogP contribution in [-0.2, 0) is 9.47 Å². The Morgan fingerprint density at radius 1 is 0.275 bits per heavy atom. The summed E-state index contributed by atoms with van der Waals surface area (Å²) >= 11 is 0. The van der Waals surface area contributed by atoms with Gasteiger partial charge in [-0.1, -0.05) is 292 Å². The van der Waals surface area contributed by atoms with E-state index in [0.717, 1.165) is 64.7 Å². The molecule has 80 heavy (non-hydrogen) atoms. The maximum absolute atomic E-state index is 7.44. The highest BCUT2D eigenvalue weighted by molar-refractivity contribution is 4.96. The van der Waals surface area contributed by atoms with Crippen LogP contribution in [-0.4, -0.2) is 50.5 Å². The molecular weight excluding hydrogens is 971 g/mol. The minimum atomic E-state index is -0.218. The molecule has 1 unspecified atom stereocenters. The van der Waals surface area contributed by atoms with E-state index in [9.17, 15) is 0 Å². The molecule has 3 nitrogen and oxygen atoms in total. The van der Waals surface area contributed by atoms with E-state index < -0.39 is 0 Å². The SMILES string of the molecule is CCCCC/C=C\C/C=C\CCCCCCCCOC(CN(C)C)C(CCCCCCCC/C=C\C/C=C\CCCCC)(CCCCCCCC/C=C\C/C=C\CCCCC)OCCCCCCCC/C=C\C/C=C\CCCCC. The predicted molar refractivity (Wildman–Crippen MR) is 364 cm³/mol. The molecule has 0 spiro atoms. The quantitative estimate of drug-likeness (QED) is 0.0448. The van der Waals surface area contributed by atoms with E-state index in [1.54, 1.807) is 0 Å². The lowest BCUT2D eigenvalue weighted by atomic mass is 9.83. The van der Waals surface area contributed by atoms with E-state index in [4.69, 9.17) is 9.47 Å². The van der Waals surface area contributed by atoms with E-state index in [1.807, 2.05) is 0 Å². The molecule has 0 N–H and O–H groups in total. The molecule has 0 rings (SSSR count). The summed E-state index contributed by atoms with van der Waals surface area (Å²) in [5.41, 5.74) is -0.218. The molecular formula is C77H141NO2. The third-order valence-electron chi connectivity index (χ3n) is 16.1. The summed E-state index contributed by atoms with van der Waals surface area (Å²) in [6.45, 7) is 11.8. The van der Waals surface area contributed by atoms with Crippen molar-refractivity contribution in [1.82, 2.24) is 4.90 Å². The van der Waals surface area contributed by atoms with Crippen molar-refractivity contribution >= 4 is 0 Å². The molecule has 0 aromatic rings. The lowest BCUT2D eigenvalue weighted by Gasteiger charge is -2.42. The third kappa shape index (κ3) is 59.0. The molecule has 0 amide bonds. The Morgan fingerprint density at radius 3 is 0.787 bits per heavy atom. The van der Waals surface area contributed by atoms with E-state index >= 15 is 0 Å². The lowest BCUT2D eigenvalue weighted by Crippen LogP contribution is -2.51. The van der Waals surface area contributed by atoms with Crippen molar-refractivity contribution in [2.24, 2.45) is 0 Å². The number of rotatable bonds is 65. The monoisotopic (exact) mass is 1110 g/mol. The summed E-state index contributed by atoms with van der Waals surface area (Å²) in [5.74, 6) is 0. The van der Waals surface area contributed by atoms with E-state index in [0.29, 0.717) is 0 Å². The minimum Gasteiger partial charge on any atom is -0.374 e. The van der Waals surface area contributed by atoms with Crippen LogP contribution in [0.15, 0.2) is 97.2 Å². The number of likely N-dealkylation sites (N-methyl/N-ethyl adjacent to an activating group) is 1. The van der Waals surface area contributed by atoms with Gasteiger partial charge in [0.05, 0.1) is 11.7 Å². The van der Waals surface area contributed by atoms with Crippen LogP contribution in [0.2, 0.25) is 0 Å². The van der Waals surface area contributed by atoms with Crippen LogP contribution in [0.4, 0.5) is 0 Å². The van der Waals surface area contributed by atoms with Gasteiger partial charge < -0.3 is 14.4 Å². The summed E-state index contributed by atoms with van der Waals surface area (Å²) in [6.07, 6.45) is 102. The fourth-order valence-corrected chi connectivity index (χ4v) is 10.9. The van der Waals surface area contributed by atoms with Crippen LogP contribution >= 0.6 is 0 Å². The Bertz CT molecular complexity index is 1380. The van der Waals surface area contributed by atoms with Gasteiger partial charge in [0.1, 0.15) is 0 Å². The number of hydrogen-bond acceptors (Lipinski definition) is 3. The molecule has 466 valence electrons. The highest BCUT2D eigenvalue weighted by Gasteiger charge is 2.40. The van der Waals surface area contributed by atoms with Crippen LogP contribution in [0.1, 0.15) is 349 Å². The van der Waals surface area contributed by atoms with E-state index in [-0.39, 0.29) is 11.7 Å². The van der Waals surface area contributed by atoms with Gasteiger partial charge in [0, 0.05) is 19.8 Å². The van der Waals surface area contributed by atoms with Crippen molar-refractivity contribution in [3.05, 3.63) is 97.2 Å². The van der Waals surface area contributed by atoms with Crippen molar-refractivity contribution in [2.45, 2.75) is 360 Å². The zero-order chi connectivity index (χ0) is 57.9. The summed E-state index contributed by atoms with van der Waals surface area (Å²) < 4.78 is 14.6. The van der Waals surface area contributed by atoms with Gasteiger partial charge in [-0.2, -0.15) is 0 Å². The van der Waals surface area contributed by atoms with Crippen LogP contribution in [0.3, 0.4) is 0 Å². The average molecular weight is 1110 g/mol. The Hall–Kier alpha value is -2.20. The smallest absolute Gasteiger partial charge is 0.0990 e. The number of allylic oxidation sites excluding steroid dienone is 16. The number of ether oxygens (including phenoxy) is 2. The molecule has 3 heteroatoms. The molecule has 0 fully saturated rings. The van der Waals surface area contributed by atoms with Crippen molar-refractivity contribution in [2.75, 3.05) is 33.9 Å². The fraction of sp³-hybridized carbons (Fsp3) is 0.792. The van der Waals surface area contributed by atoms with Crippen LogP contribution in [0.5, 0.6) is 0 Å². The molecule has 0 saturated heterocycles. The zero-order valence-electron chi connectivity index (χ0n) is 55.1. The van der Waals surface area contributed by atoms with E-state index in [2.05, 4.69) is 144 Å². The van der Waals surface area contributed by atoms with Gasteiger partial charge in [-0.3, -0.25) is 0 Å². The van der Waals surface area contributed by atoms with Gasteiger partial charge in [-0.05, 0) is 168 Å². The first-order valence-corrected chi connectivity index (χ1v) is 35.7. The first-order chi connectivity index (χ1) is 39.6. The topological polar surface area (TPSA) is 21.7 Å². The zero-order valence-corrected chi connectivity index (χ0v) is 55.1. The molecule has 0 aliphatic carbocycles. The molecule has 0 radical (unpaired) electrons. The molecule has 1 atom stereocenters. The van der Waals surface area contributed by atoms with Crippen molar-refractivity contribution in [1.29, 1.82) is 0 Å². The van der Waals surface area contributed by atoms with Crippen LogP contribution in [0.25, 0.3) is 0 Å². The molecule has 0 aromatic heterocycles. The minimum absolute atomic E-state index is 0.107. The molecule has 0 aliphatic heterocycles. The van der Waals surface area contributed by atoms with Crippen molar-refractivity contribution in [3.63, 3.8) is 0 Å². The van der Waals surface area contributed by atoms with Gasteiger partial charge in [0.15, 0.2) is 0 Å². The highest BCUT2D eigenvalue weighted by Crippen LogP contribution is 2.34. The van der Waals surface area contributed by atoms with Crippen LogP contribution in [0, 0.1) is 0 Å². The van der Waals surface area contributed by atoms with Gasteiger partial charge >= 0.3 is 0 Å². The Labute approximate surface area is 503 Å². The predicted octanol–water partition coefficient (Wildman–Crippen LogP) is 25.7. The maximum atomic E-state index is 7.44.